The highest BCUT2D eigenvalue weighted by Gasteiger charge is 2.67. The second kappa shape index (κ2) is 7.78. The molecule has 0 bridgehead atoms. The van der Waals surface area contributed by atoms with Gasteiger partial charge in [-0.05, 0) is 55.4 Å². The number of benzene rings is 1. The van der Waals surface area contributed by atoms with Crippen LogP contribution in [0.15, 0.2) is 23.2 Å². The Morgan fingerprint density at radius 3 is 2.39 bits per heavy atom. The Morgan fingerprint density at radius 2 is 1.82 bits per heavy atom. The minimum atomic E-state index is -4.71. The zero-order chi connectivity index (χ0) is 24.2. The summed E-state index contributed by atoms with van der Waals surface area (Å²) in [5.74, 6) is -1.62. The van der Waals surface area contributed by atoms with E-state index in [2.05, 4.69) is 4.99 Å². The van der Waals surface area contributed by atoms with Crippen molar-refractivity contribution in [1.29, 1.82) is 0 Å². The van der Waals surface area contributed by atoms with Crippen LogP contribution < -0.4 is 10.5 Å². The molecule has 1 fully saturated rings. The molecule has 1 atom stereocenters. The Bertz CT molecular complexity index is 969. The van der Waals surface area contributed by atoms with Crippen molar-refractivity contribution in [3.8, 4) is 5.75 Å². The van der Waals surface area contributed by atoms with Gasteiger partial charge in [-0.15, -0.1) is 0 Å². The van der Waals surface area contributed by atoms with Gasteiger partial charge in [0.1, 0.15) is 12.3 Å². The summed E-state index contributed by atoms with van der Waals surface area (Å²) < 4.78 is 87.7. The van der Waals surface area contributed by atoms with E-state index in [-0.39, 0.29) is 17.4 Å². The molecule has 1 saturated carbocycles. The zero-order valence-electron chi connectivity index (χ0n) is 17.7. The topological polar surface area (TPSA) is 77.2 Å². The summed E-state index contributed by atoms with van der Waals surface area (Å²) in [4.78, 5) is 18.4. The van der Waals surface area contributed by atoms with Gasteiger partial charge in [0.15, 0.2) is 18.1 Å². The number of guanidine groups is 1. The van der Waals surface area contributed by atoms with Crippen molar-refractivity contribution in [2.75, 3.05) is 20.3 Å². The van der Waals surface area contributed by atoms with Crippen molar-refractivity contribution in [3.63, 3.8) is 0 Å². The number of methoxy groups -OCH3 is 1. The van der Waals surface area contributed by atoms with E-state index in [0.29, 0.717) is 42.6 Å². The van der Waals surface area contributed by atoms with Gasteiger partial charge in [0.25, 0.3) is 5.91 Å². The van der Waals surface area contributed by atoms with E-state index in [1.165, 1.54) is 12.1 Å². The molecule has 1 amide bonds. The van der Waals surface area contributed by atoms with Gasteiger partial charge in [0.2, 0.25) is 0 Å². The number of hydrogen-bond acceptors (Lipinski definition) is 5. The summed E-state index contributed by atoms with van der Waals surface area (Å²) in [6.45, 7) is -3.14. The number of rotatable bonds is 4. The Kier molecular flexibility index (Phi) is 5.58. The molecule has 1 aromatic carbocycles. The highest BCUT2D eigenvalue weighted by atomic mass is 19.4. The number of nitrogens with zero attached hydrogens (tertiary/aromatic N) is 2. The van der Waals surface area contributed by atoms with Crippen LogP contribution in [-0.2, 0) is 21.5 Å². The average molecular weight is 479 g/mol. The molecule has 182 valence electrons. The van der Waals surface area contributed by atoms with Crippen molar-refractivity contribution in [2.45, 2.75) is 56.1 Å². The number of hydrogen-bond donors (Lipinski definition) is 1. The lowest BCUT2D eigenvalue weighted by Crippen LogP contribution is -2.53. The van der Waals surface area contributed by atoms with Crippen LogP contribution >= 0.6 is 0 Å². The molecular weight excluding hydrogens is 456 g/mol. The normalized spacial score (nSPS) is 29.7. The van der Waals surface area contributed by atoms with Crippen LogP contribution in [0.4, 0.5) is 26.3 Å². The fourth-order valence-electron chi connectivity index (χ4n) is 5.43. The molecule has 2 N–H and O–H groups in total. The number of carbonyl (C=O) groups excluding carboxylic acids is 1. The lowest BCUT2D eigenvalue weighted by Gasteiger charge is -2.45. The van der Waals surface area contributed by atoms with Crippen LogP contribution in [0.1, 0.15) is 36.8 Å². The van der Waals surface area contributed by atoms with E-state index < -0.39 is 48.3 Å². The smallest absolute Gasteiger partial charge is 0.422 e. The number of amides is 1. The Labute approximate surface area is 185 Å². The van der Waals surface area contributed by atoms with Crippen molar-refractivity contribution in [1.82, 2.24) is 4.90 Å². The van der Waals surface area contributed by atoms with Crippen LogP contribution in [-0.4, -0.2) is 55.5 Å². The van der Waals surface area contributed by atoms with E-state index in [9.17, 15) is 31.1 Å². The van der Waals surface area contributed by atoms with Crippen molar-refractivity contribution >= 4 is 11.9 Å². The van der Waals surface area contributed by atoms with Gasteiger partial charge in [0.05, 0.1) is 6.10 Å². The molecule has 1 aliphatic heterocycles. The molecule has 1 aromatic rings. The molecule has 33 heavy (non-hydrogen) atoms. The minimum Gasteiger partial charge on any atom is -0.484 e. The zero-order valence-corrected chi connectivity index (χ0v) is 17.7. The lowest BCUT2D eigenvalue weighted by molar-refractivity contribution is -0.158. The van der Waals surface area contributed by atoms with E-state index in [4.69, 9.17) is 15.2 Å². The van der Waals surface area contributed by atoms with Gasteiger partial charge in [-0.25, -0.2) is 4.99 Å². The first-order chi connectivity index (χ1) is 15.3. The first-order valence-electron chi connectivity index (χ1n) is 10.4. The Hall–Kier alpha value is -2.50. The molecule has 3 aliphatic rings. The van der Waals surface area contributed by atoms with Gasteiger partial charge < -0.3 is 15.2 Å². The molecule has 6 nitrogen and oxygen atoms in total. The summed E-state index contributed by atoms with van der Waals surface area (Å²) in [7, 11) is 1.56. The van der Waals surface area contributed by atoms with Crippen molar-refractivity contribution in [3.05, 3.63) is 29.3 Å². The quantitative estimate of drug-likeness (QED) is 0.669. The highest BCUT2D eigenvalue weighted by molar-refractivity contribution is 6.08. The summed E-state index contributed by atoms with van der Waals surface area (Å²) in [5, 5.41) is 0. The van der Waals surface area contributed by atoms with Gasteiger partial charge in [-0.3, -0.25) is 9.69 Å². The molecule has 0 saturated heterocycles. The van der Waals surface area contributed by atoms with E-state index in [1.807, 2.05) is 0 Å². The van der Waals surface area contributed by atoms with Gasteiger partial charge in [0, 0.05) is 12.5 Å². The van der Waals surface area contributed by atoms with E-state index in [1.54, 1.807) is 13.2 Å². The Balaban J connectivity index is 1.79. The molecule has 4 rings (SSSR count). The fourth-order valence-corrected chi connectivity index (χ4v) is 5.43. The molecule has 2 aliphatic carbocycles. The maximum atomic E-state index is 13.6. The fraction of sp³-hybridized carbons (Fsp3) is 0.619. The molecule has 2 spiro atoms. The SMILES string of the molecule is CO[C@H]1CC[C@]2(CC1)Cc1ccc(OCC(F)(F)F)cc1C21N=C(N)N(CC(F)(F)F)C1=O. The van der Waals surface area contributed by atoms with Crippen molar-refractivity contribution < 1.29 is 40.6 Å². The number of carbonyl (C=O) groups is 1. The van der Waals surface area contributed by atoms with E-state index >= 15 is 0 Å². The molecule has 12 heteroatoms. The van der Waals surface area contributed by atoms with Crippen LogP contribution in [0.25, 0.3) is 0 Å². The first-order valence-corrected chi connectivity index (χ1v) is 10.4. The number of halogens is 6. The lowest BCUT2D eigenvalue weighted by atomic mass is 9.61. The first kappa shape index (κ1) is 23.7. The predicted molar refractivity (Wildman–Crippen MR) is 104 cm³/mol. The summed E-state index contributed by atoms with van der Waals surface area (Å²) >= 11 is 0. The number of fused-ring (bicyclic) bond motifs is 3. The Morgan fingerprint density at radius 1 is 1.15 bits per heavy atom. The van der Waals surface area contributed by atoms with Gasteiger partial charge in [-0.1, -0.05) is 6.07 Å². The molecule has 1 heterocycles. The maximum absolute atomic E-state index is 13.6. The molecule has 0 aromatic heterocycles. The third kappa shape index (κ3) is 4.02. The third-order valence-electron chi connectivity index (χ3n) is 6.84. The monoisotopic (exact) mass is 479 g/mol. The highest BCUT2D eigenvalue weighted by Crippen LogP contribution is 2.62. The number of nitrogens with two attached hydrogens (primary N) is 1. The average Bonchev–Trinajstić information content (AvgIpc) is 3.12. The standard InChI is InChI=1S/C21H23F6N3O3/c1-32-13-4-6-18(7-5-13)9-12-2-3-14(33-11-20(25,26)27)8-15(12)21(18)16(31)30(17(28)29-21)10-19(22,23)24/h2-3,8,13H,4-7,9-11H2,1H3,(H2,28,29)/t13-,18-,21?. The molecule has 1 unspecified atom stereocenters. The van der Waals surface area contributed by atoms with Crippen LogP contribution in [0.5, 0.6) is 5.75 Å². The molecule has 0 radical (unpaired) electrons. The number of alkyl halides is 6. The third-order valence-corrected chi connectivity index (χ3v) is 6.84. The number of ether oxygens (including phenoxy) is 2. The van der Waals surface area contributed by atoms with Gasteiger partial charge >= 0.3 is 12.4 Å². The summed E-state index contributed by atoms with van der Waals surface area (Å²) in [5.41, 5.74) is 4.09. The maximum Gasteiger partial charge on any atom is 0.422 e. The predicted octanol–water partition coefficient (Wildman–Crippen LogP) is 3.67. The largest absolute Gasteiger partial charge is 0.484 e. The van der Waals surface area contributed by atoms with Crippen LogP contribution in [0, 0.1) is 5.41 Å². The van der Waals surface area contributed by atoms with Crippen LogP contribution in [0.2, 0.25) is 0 Å². The summed E-state index contributed by atoms with van der Waals surface area (Å²) in [6.07, 6.45) is -7.03. The van der Waals surface area contributed by atoms with Crippen LogP contribution in [0.3, 0.4) is 0 Å². The second-order valence-electron chi connectivity index (χ2n) is 8.80. The number of aliphatic imine (C=N–C) groups is 1. The van der Waals surface area contributed by atoms with E-state index in [0.717, 1.165) is 0 Å². The molecular formula is C21H23F6N3O3. The van der Waals surface area contributed by atoms with Gasteiger partial charge in [-0.2, -0.15) is 26.3 Å². The second-order valence-corrected chi connectivity index (χ2v) is 8.80. The van der Waals surface area contributed by atoms with Crippen molar-refractivity contribution in [2.24, 2.45) is 16.1 Å². The summed E-state index contributed by atoms with van der Waals surface area (Å²) in [6, 6.07) is 4.19. The minimum absolute atomic E-state index is 0.0637.